The van der Waals surface area contributed by atoms with E-state index in [0.717, 1.165) is 27.2 Å². The van der Waals surface area contributed by atoms with Gasteiger partial charge in [0.1, 0.15) is 5.52 Å². The molecule has 4 heteroatoms. The highest BCUT2D eigenvalue weighted by molar-refractivity contribution is 6.32. The molecule has 0 spiro atoms. The van der Waals surface area contributed by atoms with Gasteiger partial charge in [-0.05, 0) is 24.3 Å². The van der Waals surface area contributed by atoms with Gasteiger partial charge >= 0.3 is 0 Å². The summed E-state index contributed by atoms with van der Waals surface area (Å²) >= 11 is 6.07. The first kappa shape index (κ1) is 10.6. The van der Waals surface area contributed by atoms with Crippen molar-refractivity contribution in [2.24, 2.45) is 0 Å². The van der Waals surface area contributed by atoms with E-state index < -0.39 is 0 Å². The lowest BCUT2D eigenvalue weighted by Gasteiger charge is -1.99. The maximum atomic E-state index is 12.1. The Balaban J connectivity index is 2.42. The van der Waals surface area contributed by atoms with Gasteiger partial charge in [-0.2, -0.15) is 0 Å². The largest absolute Gasteiger partial charge is 0.350 e. The van der Waals surface area contributed by atoms with Crippen molar-refractivity contribution in [1.29, 1.82) is 0 Å². The Bertz CT molecular complexity index is 997. The van der Waals surface area contributed by atoms with E-state index in [1.165, 1.54) is 0 Å². The molecule has 3 nitrogen and oxygen atoms in total. The summed E-state index contributed by atoms with van der Waals surface area (Å²) in [6.07, 6.45) is 0. The van der Waals surface area contributed by atoms with E-state index in [-0.39, 0.29) is 5.56 Å². The molecule has 0 aliphatic heterocycles. The maximum Gasteiger partial charge on any atom is 0.272 e. The van der Waals surface area contributed by atoms with Gasteiger partial charge in [0.05, 0.1) is 0 Å². The minimum atomic E-state index is -0.110. The molecule has 0 saturated carbocycles. The van der Waals surface area contributed by atoms with Crippen LogP contribution in [0.3, 0.4) is 0 Å². The number of hydrogen-bond donors (Lipinski definition) is 2. The normalized spacial score (nSPS) is 11.6. The lowest BCUT2D eigenvalue weighted by molar-refractivity contribution is 1.32. The lowest BCUT2D eigenvalue weighted by Crippen LogP contribution is -2.05. The fourth-order valence-electron chi connectivity index (χ4n) is 2.61. The van der Waals surface area contributed by atoms with Crippen LogP contribution in [0.5, 0.6) is 0 Å². The summed E-state index contributed by atoms with van der Waals surface area (Å²) in [5, 5.41) is 3.59. The molecular formula is C15H9ClN2O. The number of para-hydroxylation sites is 1. The third kappa shape index (κ3) is 1.42. The zero-order valence-corrected chi connectivity index (χ0v) is 10.6. The van der Waals surface area contributed by atoms with Crippen LogP contribution < -0.4 is 5.56 Å². The number of benzene rings is 2. The fraction of sp³-hybridized carbons (Fsp3) is 0. The molecule has 0 saturated heterocycles. The van der Waals surface area contributed by atoms with E-state index in [1.807, 2.05) is 42.5 Å². The molecule has 19 heavy (non-hydrogen) atoms. The van der Waals surface area contributed by atoms with E-state index in [1.54, 1.807) is 0 Å². The number of pyridine rings is 1. The van der Waals surface area contributed by atoms with Gasteiger partial charge in [-0.25, -0.2) is 0 Å². The highest BCUT2D eigenvalue weighted by Gasteiger charge is 2.11. The van der Waals surface area contributed by atoms with Crippen LogP contribution >= 0.6 is 11.6 Å². The van der Waals surface area contributed by atoms with Gasteiger partial charge in [-0.1, -0.05) is 29.8 Å². The van der Waals surface area contributed by atoms with Crippen molar-refractivity contribution >= 4 is 44.3 Å². The van der Waals surface area contributed by atoms with Crippen LogP contribution in [0.1, 0.15) is 0 Å². The second-order valence-electron chi connectivity index (χ2n) is 4.56. The highest BCUT2D eigenvalue weighted by atomic mass is 35.5. The van der Waals surface area contributed by atoms with E-state index in [0.29, 0.717) is 10.5 Å². The van der Waals surface area contributed by atoms with Crippen LogP contribution in [0.25, 0.3) is 32.7 Å². The number of aromatic nitrogens is 2. The molecule has 0 bridgehead atoms. The molecule has 0 aliphatic rings. The molecule has 4 rings (SSSR count). The molecular weight excluding hydrogens is 260 g/mol. The van der Waals surface area contributed by atoms with E-state index in [4.69, 9.17) is 11.6 Å². The predicted molar refractivity (Wildman–Crippen MR) is 78.9 cm³/mol. The summed E-state index contributed by atoms with van der Waals surface area (Å²) in [5.41, 5.74) is 2.24. The number of H-pyrrole nitrogens is 2. The van der Waals surface area contributed by atoms with Gasteiger partial charge in [0.25, 0.3) is 5.56 Å². The van der Waals surface area contributed by atoms with E-state index in [9.17, 15) is 4.79 Å². The summed E-state index contributed by atoms with van der Waals surface area (Å²) in [4.78, 5) is 18.2. The maximum absolute atomic E-state index is 12.1. The predicted octanol–water partition coefficient (Wildman–Crippen LogP) is 3.82. The van der Waals surface area contributed by atoms with Crippen molar-refractivity contribution in [3.63, 3.8) is 0 Å². The zero-order chi connectivity index (χ0) is 13.0. The smallest absolute Gasteiger partial charge is 0.272 e. The van der Waals surface area contributed by atoms with Crippen molar-refractivity contribution in [2.45, 2.75) is 0 Å². The second kappa shape index (κ2) is 3.62. The summed E-state index contributed by atoms with van der Waals surface area (Å²) < 4.78 is 0. The molecule has 0 fully saturated rings. The molecule has 0 amide bonds. The molecule has 0 aliphatic carbocycles. The molecule has 92 valence electrons. The first-order valence-corrected chi connectivity index (χ1v) is 6.34. The monoisotopic (exact) mass is 268 g/mol. The average molecular weight is 269 g/mol. The van der Waals surface area contributed by atoms with E-state index >= 15 is 0 Å². The Labute approximate surface area is 112 Å². The third-order valence-electron chi connectivity index (χ3n) is 3.43. The molecule has 4 aromatic rings. The number of aromatic amines is 2. The summed E-state index contributed by atoms with van der Waals surface area (Å²) in [5.74, 6) is 0. The average Bonchev–Trinajstić information content (AvgIpc) is 2.78. The SMILES string of the molecule is O=c1[nH]c2ccccc2c2c1[nH]c1ccc(Cl)cc12. The van der Waals surface area contributed by atoms with Crippen molar-refractivity contribution in [3.8, 4) is 0 Å². The lowest BCUT2D eigenvalue weighted by atomic mass is 10.1. The molecule has 2 aromatic carbocycles. The Morgan fingerprint density at radius 1 is 0.895 bits per heavy atom. The molecule has 0 radical (unpaired) electrons. The Hall–Kier alpha value is -2.26. The Kier molecular flexibility index (Phi) is 2.03. The standard InChI is InChI=1S/C15H9ClN2O/c16-8-5-6-12-10(7-8)13-9-3-1-2-4-11(9)18-15(19)14(13)17-12/h1-7,17H,(H,18,19). The third-order valence-corrected chi connectivity index (χ3v) is 3.67. The number of hydrogen-bond acceptors (Lipinski definition) is 1. The first-order chi connectivity index (χ1) is 9.24. The quantitative estimate of drug-likeness (QED) is 0.500. The fourth-order valence-corrected chi connectivity index (χ4v) is 2.78. The highest BCUT2D eigenvalue weighted by Crippen LogP contribution is 2.30. The van der Waals surface area contributed by atoms with Crippen LogP contribution in [-0.4, -0.2) is 9.97 Å². The van der Waals surface area contributed by atoms with Gasteiger partial charge in [-0.15, -0.1) is 0 Å². The number of rotatable bonds is 0. The van der Waals surface area contributed by atoms with Crippen LogP contribution in [0.4, 0.5) is 0 Å². The number of nitrogens with one attached hydrogen (secondary N) is 2. The van der Waals surface area contributed by atoms with Crippen molar-refractivity contribution < 1.29 is 0 Å². The topological polar surface area (TPSA) is 48.6 Å². The Morgan fingerprint density at radius 3 is 2.58 bits per heavy atom. The molecule has 2 N–H and O–H groups in total. The summed E-state index contributed by atoms with van der Waals surface area (Å²) in [6, 6.07) is 13.4. The van der Waals surface area contributed by atoms with Crippen LogP contribution in [0.15, 0.2) is 47.3 Å². The van der Waals surface area contributed by atoms with Gasteiger partial charge in [-0.3, -0.25) is 4.79 Å². The second-order valence-corrected chi connectivity index (χ2v) is 5.00. The van der Waals surface area contributed by atoms with Crippen molar-refractivity contribution in [3.05, 3.63) is 57.8 Å². The number of fused-ring (bicyclic) bond motifs is 5. The first-order valence-electron chi connectivity index (χ1n) is 5.96. The van der Waals surface area contributed by atoms with Crippen molar-refractivity contribution in [2.75, 3.05) is 0 Å². The van der Waals surface area contributed by atoms with Gasteiger partial charge in [0.15, 0.2) is 0 Å². The van der Waals surface area contributed by atoms with Crippen LogP contribution in [-0.2, 0) is 0 Å². The van der Waals surface area contributed by atoms with Gasteiger partial charge in [0.2, 0.25) is 0 Å². The molecule has 2 aromatic heterocycles. The summed E-state index contributed by atoms with van der Waals surface area (Å²) in [7, 11) is 0. The molecule has 2 heterocycles. The van der Waals surface area contributed by atoms with Crippen molar-refractivity contribution in [1.82, 2.24) is 9.97 Å². The Morgan fingerprint density at radius 2 is 1.68 bits per heavy atom. The minimum Gasteiger partial charge on any atom is -0.350 e. The molecule has 0 atom stereocenters. The minimum absolute atomic E-state index is 0.110. The molecule has 0 unspecified atom stereocenters. The van der Waals surface area contributed by atoms with Gasteiger partial charge in [0, 0.05) is 32.2 Å². The van der Waals surface area contributed by atoms with Crippen LogP contribution in [0.2, 0.25) is 5.02 Å². The van der Waals surface area contributed by atoms with E-state index in [2.05, 4.69) is 9.97 Å². The van der Waals surface area contributed by atoms with Gasteiger partial charge < -0.3 is 9.97 Å². The zero-order valence-electron chi connectivity index (χ0n) is 9.83. The summed E-state index contributed by atoms with van der Waals surface area (Å²) in [6.45, 7) is 0. The van der Waals surface area contributed by atoms with Crippen LogP contribution in [0, 0.1) is 0 Å². The number of halogens is 1.